The minimum atomic E-state index is -0.812. The lowest BCUT2D eigenvalue weighted by Crippen LogP contribution is -2.33. The molecule has 68 valence electrons. The van der Waals surface area contributed by atoms with Crippen molar-refractivity contribution in [2.75, 3.05) is 6.61 Å². The van der Waals surface area contributed by atoms with E-state index >= 15 is 0 Å². The monoisotopic (exact) mass is 191 g/mol. The summed E-state index contributed by atoms with van der Waals surface area (Å²) >= 11 is 4.71. The summed E-state index contributed by atoms with van der Waals surface area (Å²) in [5.74, 6) is 0. The molecule has 0 aromatic rings. The summed E-state index contributed by atoms with van der Waals surface area (Å²) in [4.78, 5) is 0. The summed E-state index contributed by atoms with van der Waals surface area (Å²) < 4.78 is 10.3. The molecule has 2 rings (SSSR count). The molecule has 2 aliphatic heterocycles. The Hall–Kier alpha value is -0.430. The fraction of sp³-hybridized carbons (Fsp3) is 0.833. The molecule has 2 aliphatic rings. The minimum absolute atomic E-state index is 0.216. The average molecular weight is 191 g/mol. The number of nitrogens with one attached hydrogen (secondary N) is 1. The van der Waals surface area contributed by atoms with Gasteiger partial charge in [0.05, 0.1) is 6.61 Å². The van der Waals surface area contributed by atoms with Crippen molar-refractivity contribution in [2.24, 2.45) is 0 Å². The topological polar surface area (TPSA) is 71.0 Å². The van der Waals surface area contributed by atoms with Gasteiger partial charge in [0.1, 0.15) is 12.2 Å². The van der Waals surface area contributed by atoms with Crippen molar-refractivity contribution in [2.45, 2.75) is 24.5 Å². The molecule has 0 spiro atoms. The molecule has 4 atom stereocenters. The second kappa shape index (κ2) is 2.81. The molecule has 5 nitrogen and oxygen atoms in total. The van der Waals surface area contributed by atoms with E-state index in [1.54, 1.807) is 0 Å². The number of aliphatic hydroxyl groups excluding tert-OH is 2. The van der Waals surface area contributed by atoms with Gasteiger partial charge >= 0.3 is 0 Å². The predicted molar refractivity (Wildman–Crippen MR) is 42.4 cm³/mol. The van der Waals surface area contributed by atoms with E-state index in [0.29, 0.717) is 0 Å². The normalized spacial score (nSPS) is 45.3. The third kappa shape index (κ3) is 1.08. The van der Waals surface area contributed by atoms with Crippen LogP contribution in [0.15, 0.2) is 0 Å². The SMILES string of the molecule is OC[C@@H]1O[C@H]2NC(=S)O[C@@H]2[C@H]1O. The van der Waals surface area contributed by atoms with E-state index in [0.717, 1.165) is 0 Å². The van der Waals surface area contributed by atoms with E-state index in [-0.39, 0.29) is 11.8 Å². The zero-order chi connectivity index (χ0) is 8.72. The molecule has 2 saturated heterocycles. The van der Waals surface area contributed by atoms with E-state index in [1.165, 1.54) is 0 Å². The Morgan fingerprint density at radius 3 is 2.92 bits per heavy atom. The van der Waals surface area contributed by atoms with Crippen molar-refractivity contribution in [1.82, 2.24) is 5.32 Å². The van der Waals surface area contributed by atoms with Crippen LogP contribution in [0.5, 0.6) is 0 Å². The van der Waals surface area contributed by atoms with Gasteiger partial charge < -0.3 is 25.0 Å². The molecule has 0 aromatic carbocycles. The Balaban J connectivity index is 2.08. The quantitative estimate of drug-likeness (QED) is 0.431. The van der Waals surface area contributed by atoms with Crippen LogP contribution in [-0.2, 0) is 9.47 Å². The van der Waals surface area contributed by atoms with Crippen molar-refractivity contribution in [1.29, 1.82) is 0 Å². The van der Waals surface area contributed by atoms with Gasteiger partial charge in [0.2, 0.25) is 0 Å². The number of fused-ring (bicyclic) bond motifs is 1. The molecule has 0 amide bonds. The van der Waals surface area contributed by atoms with Crippen molar-refractivity contribution >= 4 is 17.4 Å². The highest BCUT2D eigenvalue weighted by Gasteiger charge is 2.49. The van der Waals surface area contributed by atoms with Gasteiger partial charge in [-0.25, -0.2) is 0 Å². The molecule has 2 fully saturated rings. The average Bonchev–Trinajstić information content (AvgIpc) is 2.51. The Labute approximate surface area is 74.3 Å². The van der Waals surface area contributed by atoms with Gasteiger partial charge in [-0.15, -0.1) is 0 Å². The lowest BCUT2D eigenvalue weighted by atomic mass is 10.1. The van der Waals surface area contributed by atoms with E-state index in [4.69, 9.17) is 26.8 Å². The van der Waals surface area contributed by atoms with Gasteiger partial charge in [-0.05, 0) is 12.2 Å². The zero-order valence-electron chi connectivity index (χ0n) is 6.14. The van der Waals surface area contributed by atoms with Crippen LogP contribution >= 0.6 is 12.2 Å². The Kier molecular flexibility index (Phi) is 1.91. The summed E-state index contributed by atoms with van der Waals surface area (Å²) in [5.41, 5.74) is 0. The smallest absolute Gasteiger partial charge is 0.259 e. The van der Waals surface area contributed by atoms with E-state index in [9.17, 15) is 5.11 Å². The van der Waals surface area contributed by atoms with Crippen molar-refractivity contribution < 1.29 is 19.7 Å². The summed E-state index contributed by atoms with van der Waals surface area (Å²) in [6, 6.07) is 0. The lowest BCUT2D eigenvalue weighted by Gasteiger charge is -2.13. The highest BCUT2D eigenvalue weighted by Crippen LogP contribution is 2.26. The predicted octanol–water partition coefficient (Wildman–Crippen LogP) is -1.66. The molecule has 2 heterocycles. The van der Waals surface area contributed by atoms with Crippen molar-refractivity contribution in [3.8, 4) is 0 Å². The third-order valence-electron chi connectivity index (χ3n) is 2.02. The Morgan fingerprint density at radius 2 is 2.33 bits per heavy atom. The van der Waals surface area contributed by atoms with Gasteiger partial charge in [-0.3, -0.25) is 0 Å². The van der Waals surface area contributed by atoms with Gasteiger partial charge in [-0.2, -0.15) is 0 Å². The van der Waals surface area contributed by atoms with Crippen LogP contribution in [0.3, 0.4) is 0 Å². The second-order valence-electron chi connectivity index (χ2n) is 2.78. The van der Waals surface area contributed by atoms with Crippen LogP contribution in [0.1, 0.15) is 0 Å². The van der Waals surface area contributed by atoms with E-state index < -0.39 is 24.5 Å². The number of hydrogen-bond acceptors (Lipinski definition) is 5. The van der Waals surface area contributed by atoms with Crippen LogP contribution in [0.2, 0.25) is 0 Å². The highest BCUT2D eigenvalue weighted by atomic mass is 32.1. The summed E-state index contributed by atoms with van der Waals surface area (Å²) in [6.45, 7) is -0.216. The molecular weight excluding hydrogens is 182 g/mol. The number of hydrogen-bond donors (Lipinski definition) is 3. The molecule has 0 bridgehead atoms. The molecule has 0 unspecified atom stereocenters. The fourth-order valence-electron chi connectivity index (χ4n) is 1.41. The van der Waals surface area contributed by atoms with Gasteiger partial charge in [0.15, 0.2) is 12.3 Å². The van der Waals surface area contributed by atoms with Crippen LogP contribution in [-0.4, -0.2) is 46.5 Å². The summed E-state index contributed by atoms with van der Waals surface area (Å²) in [7, 11) is 0. The molecular formula is C6H9NO4S. The number of aliphatic hydroxyl groups is 2. The maximum atomic E-state index is 9.47. The molecule has 0 saturated carbocycles. The maximum absolute atomic E-state index is 9.47. The maximum Gasteiger partial charge on any atom is 0.259 e. The van der Waals surface area contributed by atoms with Gasteiger partial charge in [-0.1, -0.05) is 0 Å². The lowest BCUT2D eigenvalue weighted by molar-refractivity contribution is -0.0263. The second-order valence-corrected chi connectivity index (χ2v) is 3.15. The minimum Gasteiger partial charge on any atom is -0.460 e. The van der Waals surface area contributed by atoms with Crippen LogP contribution in [0.4, 0.5) is 0 Å². The molecule has 0 aromatic heterocycles. The molecule has 6 heteroatoms. The summed E-state index contributed by atoms with van der Waals surface area (Å²) in [6.07, 6.45) is -2.28. The first-order valence-corrected chi connectivity index (χ1v) is 4.04. The van der Waals surface area contributed by atoms with E-state index in [1.807, 2.05) is 0 Å². The standard InChI is InChI=1S/C6H9NO4S/c8-1-2-3(9)4-5(10-2)7-6(12)11-4/h2-5,8-9H,1H2,(H,7,12)/t2-,3-,4+,5+/m0/s1. The molecule has 0 radical (unpaired) electrons. The van der Waals surface area contributed by atoms with E-state index in [2.05, 4.69) is 5.32 Å². The largest absolute Gasteiger partial charge is 0.460 e. The first-order valence-electron chi connectivity index (χ1n) is 3.64. The fourth-order valence-corrected chi connectivity index (χ4v) is 1.64. The Morgan fingerprint density at radius 1 is 1.58 bits per heavy atom. The molecule has 12 heavy (non-hydrogen) atoms. The van der Waals surface area contributed by atoms with Crippen molar-refractivity contribution in [3.05, 3.63) is 0 Å². The van der Waals surface area contributed by atoms with Gasteiger partial charge in [0, 0.05) is 0 Å². The first kappa shape index (κ1) is 8.18. The van der Waals surface area contributed by atoms with Crippen molar-refractivity contribution in [3.63, 3.8) is 0 Å². The number of rotatable bonds is 1. The van der Waals surface area contributed by atoms with Crippen LogP contribution < -0.4 is 5.32 Å². The molecule has 0 aliphatic carbocycles. The van der Waals surface area contributed by atoms with Crippen LogP contribution in [0, 0.1) is 0 Å². The third-order valence-corrected chi connectivity index (χ3v) is 2.23. The summed E-state index contributed by atoms with van der Waals surface area (Å²) in [5, 5.41) is 21.2. The zero-order valence-corrected chi connectivity index (χ0v) is 6.95. The molecule has 3 N–H and O–H groups in total. The highest BCUT2D eigenvalue weighted by molar-refractivity contribution is 7.80. The van der Waals surface area contributed by atoms with Gasteiger partial charge in [0.25, 0.3) is 5.17 Å². The number of ether oxygens (including phenoxy) is 2. The first-order chi connectivity index (χ1) is 5.72. The number of thiocarbonyl (C=S) groups is 1. The Bertz CT molecular complexity index is 212. The van der Waals surface area contributed by atoms with Crippen LogP contribution in [0.25, 0.3) is 0 Å².